The molecule has 0 unspecified atom stereocenters. The number of hydrogen-bond donors (Lipinski definition) is 0. The average Bonchev–Trinajstić information content (AvgIpc) is 1.80. The van der Waals surface area contributed by atoms with Crippen LogP contribution in [0.25, 0.3) is 0 Å². The molecule has 0 saturated heterocycles. The van der Waals surface area contributed by atoms with Gasteiger partial charge in [-0.3, -0.25) is 0 Å². The predicted molar refractivity (Wildman–Crippen MR) is 36.8 cm³/mol. The van der Waals surface area contributed by atoms with Crippen LogP contribution in [0.2, 0.25) is 5.02 Å². The summed E-state index contributed by atoms with van der Waals surface area (Å²) in [7, 11) is 3.14. The van der Waals surface area contributed by atoms with Crippen LogP contribution in [0.15, 0.2) is 18.2 Å². The fourth-order valence-corrected chi connectivity index (χ4v) is 0.824. The molecular formula is C6H3ClFSi. The monoisotopic (exact) mass is 157 g/mol. The molecular weight excluding hydrogens is 155 g/mol. The van der Waals surface area contributed by atoms with Crippen molar-refractivity contribution >= 4 is 27.0 Å². The van der Waals surface area contributed by atoms with Gasteiger partial charge in [-0.15, -0.1) is 0 Å². The third kappa shape index (κ3) is 1.53. The molecule has 0 amide bonds. The quantitative estimate of drug-likeness (QED) is 0.498. The van der Waals surface area contributed by atoms with Gasteiger partial charge in [-0.25, -0.2) is 4.39 Å². The maximum absolute atomic E-state index is 12.4. The van der Waals surface area contributed by atoms with Gasteiger partial charge in [0.15, 0.2) is 0 Å². The summed E-state index contributed by atoms with van der Waals surface area (Å²) in [6, 6.07) is 4.50. The number of halogens is 2. The van der Waals surface area contributed by atoms with Gasteiger partial charge >= 0.3 is 0 Å². The summed E-state index contributed by atoms with van der Waals surface area (Å²) in [6.45, 7) is 0. The molecule has 1 aromatic rings. The standard InChI is InChI=1S/C6H3ClFSi/c7-5-2-1-4(9)3-6(5)8/h1-3H. The molecule has 0 bridgehead atoms. The molecule has 0 aliphatic rings. The Hall–Kier alpha value is -0.343. The molecule has 3 radical (unpaired) electrons. The minimum absolute atomic E-state index is 0.150. The van der Waals surface area contributed by atoms with Crippen molar-refractivity contribution in [1.82, 2.24) is 0 Å². The number of benzene rings is 1. The molecule has 0 aliphatic heterocycles. The Morgan fingerprint density at radius 1 is 1.44 bits per heavy atom. The summed E-state index contributed by atoms with van der Waals surface area (Å²) < 4.78 is 12.4. The molecule has 1 aromatic carbocycles. The van der Waals surface area contributed by atoms with Crippen molar-refractivity contribution in [2.45, 2.75) is 0 Å². The van der Waals surface area contributed by atoms with Crippen molar-refractivity contribution in [3.05, 3.63) is 29.0 Å². The van der Waals surface area contributed by atoms with Gasteiger partial charge in [0.2, 0.25) is 0 Å². The molecule has 9 heavy (non-hydrogen) atoms. The van der Waals surface area contributed by atoms with Gasteiger partial charge in [-0.05, 0) is 12.1 Å². The largest absolute Gasteiger partial charge is 0.205 e. The molecule has 0 aromatic heterocycles. The Bertz CT molecular complexity index is 224. The van der Waals surface area contributed by atoms with E-state index in [0.29, 0.717) is 5.19 Å². The first-order chi connectivity index (χ1) is 4.20. The van der Waals surface area contributed by atoms with Crippen LogP contribution in [0.4, 0.5) is 4.39 Å². The van der Waals surface area contributed by atoms with Crippen molar-refractivity contribution in [2.24, 2.45) is 0 Å². The minimum Gasteiger partial charge on any atom is -0.205 e. The lowest BCUT2D eigenvalue weighted by atomic mass is 10.3. The third-order valence-corrected chi connectivity index (χ3v) is 1.54. The number of rotatable bonds is 0. The van der Waals surface area contributed by atoms with E-state index < -0.39 is 5.82 Å². The normalized spacial score (nSPS) is 9.67. The van der Waals surface area contributed by atoms with Crippen LogP contribution in [0.5, 0.6) is 0 Å². The fourth-order valence-electron chi connectivity index (χ4n) is 0.496. The van der Waals surface area contributed by atoms with Crippen LogP contribution in [-0.4, -0.2) is 10.2 Å². The number of hydrogen-bond acceptors (Lipinski definition) is 0. The van der Waals surface area contributed by atoms with E-state index in [9.17, 15) is 4.39 Å². The van der Waals surface area contributed by atoms with Crippen LogP contribution < -0.4 is 5.19 Å². The van der Waals surface area contributed by atoms with Crippen molar-refractivity contribution in [3.63, 3.8) is 0 Å². The van der Waals surface area contributed by atoms with Crippen molar-refractivity contribution in [2.75, 3.05) is 0 Å². The lowest BCUT2D eigenvalue weighted by molar-refractivity contribution is 0.629. The van der Waals surface area contributed by atoms with Crippen molar-refractivity contribution < 1.29 is 4.39 Å². The first-order valence-corrected chi connectivity index (χ1v) is 3.24. The Morgan fingerprint density at radius 3 is 2.56 bits per heavy atom. The molecule has 0 nitrogen and oxygen atoms in total. The molecule has 0 N–H and O–H groups in total. The van der Waals surface area contributed by atoms with E-state index >= 15 is 0 Å². The van der Waals surface area contributed by atoms with E-state index in [4.69, 9.17) is 11.6 Å². The molecule has 0 heterocycles. The maximum Gasteiger partial charge on any atom is 0.141 e. The average molecular weight is 158 g/mol. The molecule has 0 saturated carbocycles. The fraction of sp³-hybridized carbons (Fsp3) is 0. The van der Waals surface area contributed by atoms with Gasteiger partial charge in [0.25, 0.3) is 0 Å². The third-order valence-electron chi connectivity index (χ3n) is 0.920. The second-order valence-corrected chi connectivity index (χ2v) is 2.61. The Kier molecular flexibility index (Phi) is 1.88. The van der Waals surface area contributed by atoms with Gasteiger partial charge in [-0.1, -0.05) is 22.9 Å². The molecule has 0 spiro atoms. The zero-order valence-electron chi connectivity index (χ0n) is 4.49. The second-order valence-electron chi connectivity index (χ2n) is 1.63. The van der Waals surface area contributed by atoms with Crippen LogP contribution in [0.3, 0.4) is 0 Å². The van der Waals surface area contributed by atoms with E-state index in [1.165, 1.54) is 12.1 Å². The highest BCUT2D eigenvalue weighted by Crippen LogP contribution is 2.10. The lowest BCUT2D eigenvalue weighted by Gasteiger charge is -1.92. The van der Waals surface area contributed by atoms with Crippen molar-refractivity contribution in [1.29, 1.82) is 0 Å². The first-order valence-electron chi connectivity index (χ1n) is 2.37. The van der Waals surface area contributed by atoms with Gasteiger partial charge < -0.3 is 0 Å². The highest BCUT2D eigenvalue weighted by atomic mass is 35.5. The van der Waals surface area contributed by atoms with E-state index in [1.54, 1.807) is 6.07 Å². The molecule has 3 heteroatoms. The lowest BCUT2D eigenvalue weighted by Crippen LogP contribution is -2.01. The van der Waals surface area contributed by atoms with E-state index in [1.807, 2.05) is 0 Å². The van der Waals surface area contributed by atoms with Gasteiger partial charge in [0.05, 0.1) is 15.3 Å². The SMILES string of the molecule is Fc1cc([Si])ccc1Cl. The zero-order valence-corrected chi connectivity index (χ0v) is 6.24. The zero-order chi connectivity index (χ0) is 6.85. The Morgan fingerprint density at radius 2 is 2.11 bits per heavy atom. The minimum atomic E-state index is -0.399. The van der Waals surface area contributed by atoms with E-state index in [0.717, 1.165) is 0 Å². The van der Waals surface area contributed by atoms with Crippen LogP contribution in [0.1, 0.15) is 0 Å². The Labute approximate surface area is 61.1 Å². The van der Waals surface area contributed by atoms with Gasteiger partial charge in [-0.2, -0.15) is 0 Å². The maximum atomic E-state index is 12.4. The molecule has 0 fully saturated rings. The summed E-state index contributed by atoms with van der Waals surface area (Å²) in [5.74, 6) is -0.399. The summed E-state index contributed by atoms with van der Waals surface area (Å²) >= 11 is 5.38. The van der Waals surface area contributed by atoms with Crippen LogP contribution in [0, 0.1) is 5.82 Å². The second kappa shape index (κ2) is 2.50. The topological polar surface area (TPSA) is 0 Å². The molecule has 0 aliphatic carbocycles. The summed E-state index contributed by atoms with van der Waals surface area (Å²) in [6.07, 6.45) is 0. The smallest absolute Gasteiger partial charge is 0.141 e. The van der Waals surface area contributed by atoms with Crippen molar-refractivity contribution in [3.8, 4) is 0 Å². The highest BCUT2D eigenvalue weighted by molar-refractivity contribution is 6.34. The first kappa shape index (κ1) is 6.77. The Balaban J connectivity index is 3.17. The van der Waals surface area contributed by atoms with Gasteiger partial charge in [0.1, 0.15) is 5.82 Å². The highest BCUT2D eigenvalue weighted by Gasteiger charge is 1.95. The molecule has 0 atom stereocenters. The van der Waals surface area contributed by atoms with Crippen LogP contribution in [-0.2, 0) is 0 Å². The molecule has 45 valence electrons. The summed E-state index contributed by atoms with van der Waals surface area (Å²) in [5.41, 5.74) is 0. The van der Waals surface area contributed by atoms with E-state index in [2.05, 4.69) is 10.2 Å². The summed E-state index contributed by atoms with van der Waals surface area (Å²) in [5, 5.41) is 0.842. The predicted octanol–water partition coefficient (Wildman–Crippen LogP) is 1.27. The summed E-state index contributed by atoms with van der Waals surface area (Å²) in [4.78, 5) is 0. The van der Waals surface area contributed by atoms with Gasteiger partial charge in [0, 0.05) is 0 Å². The molecule has 1 rings (SSSR count). The van der Waals surface area contributed by atoms with Crippen LogP contribution >= 0.6 is 11.6 Å². The van der Waals surface area contributed by atoms with E-state index in [-0.39, 0.29) is 5.02 Å².